The number of carbonyl (C=O) groups excluding carboxylic acids is 1. The van der Waals surface area contributed by atoms with Gasteiger partial charge in [0.1, 0.15) is 12.4 Å². The predicted octanol–water partition coefficient (Wildman–Crippen LogP) is 1.53. The lowest BCUT2D eigenvalue weighted by Gasteiger charge is -2.10. The molecule has 0 radical (unpaired) electrons. The van der Waals surface area contributed by atoms with Crippen molar-refractivity contribution in [1.29, 1.82) is 0 Å². The molecule has 2 heterocycles. The molecule has 0 unspecified atom stereocenters. The van der Waals surface area contributed by atoms with Crippen molar-refractivity contribution in [3.63, 3.8) is 0 Å². The van der Waals surface area contributed by atoms with Crippen LogP contribution in [0.25, 0.3) is 11.4 Å². The highest BCUT2D eigenvalue weighted by Gasteiger charge is 2.10. The Morgan fingerprint density at radius 2 is 2.14 bits per heavy atom. The van der Waals surface area contributed by atoms with Gasteiger partial charge < -0.3 is 5.32 Å². The van der Waals surface area contributed by atoms with Crippen LogP contribution in [0.2, 0.25) is 0 Å². The number of unbranched alkanes of at least 4 members (excludes halogenated alkanes) is 1. The molecule has 1 amide bonds. The maximum atomic E-state index is 12.2. The highest BCUT2D eigenvalue weighted by molar-refractivity contribution is 5.75. The maximum Gasteiger partial charge on any atom is 0.254 e. The number of carbonyl (C=O) groups is 1. The molecular weight excluding hydrogens is 280 g/mol. The first kappa shape index (κ1) is 15.9. The fourth-order valence-corrected chi connectivity index (χ4v) is 2.06. The molecule has 1 N–H and O–H groups in total. The van der Waals surface area contributed by atoms with Crippen LogP contribution in [0.5, 0.6) is 0 Å². The molecule has 6 nitrogen and oxygen atoms in total. The van der Waals surface area contributed by atoms with Gasteiger partial charge in [0.15, 0.2) is 0 Å². The Kier molecular flexibility index (Phi) is 5.41. The lowest BCUT2D eigenvalue weighted by Crippen LogP contribution is -2.34. The zero-order chi connectivity index (χ0) is 15.9. The van der Waals surface area contributed by atoms with E-state index in [1.807, 2.05) is 6.07 Å². The van der Waals surface area contributed by atoms with E-state index < -0.39 is 0 Å². The van der Waals surface area contributed by atoms with E-state index in [9.17, 15) is 9.59 Å². The molecule has 2 aromatic heterocycles. The average molecular weight is 300 g/mol. The molecule has 0 aliphatic rings. The van der Waals surface area contributed by atoms with Crippen molar-refractivity contribution in [2.75, 3.05) is 6.54 Å². The minimum absolute atomic E-state index is 0.0100. The Labute approximate surface area is 129 Å². The largest absolute Gasteiger partial charge is 0.355 e. The molecule has 2 aromatic rings. The van der Waals surface area contributed by atoms with Crippen LogP contribution in [0.4, 0.5) is 0 Å². The molecule has 0 aromatic carbocycles. The molecule has 0 aliphatic heterocycles. The van der Waals surface area contributed by atoms with E-state index in [1.54, 1.807) is 25.3 Å². The van der Waals surface area contributed by atoms with Gasteiger partial charge in [-0.2, -0.15) is 0 Å². The first-order chi connectivity index (χ1) is 10.6. The first-order valence-electron chi connectivity index (χ1n) is 7.38. The van der Waals surface area contributed by atoms with Gasteiger partial charge in [-0.25, -0.2) is 4.98 Å². The van der Waals surface area contributed by atoms with Crippen molar-refractivity contribution in [1.82, 2.24) is 19.9 Å². The number of aryl methyl sites for hydroxylation is 1. The molecule has 0 aliphatic carbocycles. The lowest BCUT2D eigenvalue weighted by molar-refractivity contribution is -0.121. The molecule has 22 heavy (non-hydrogen) atoms. The normalized spacial score (nSPS) is 10.5. The Hall–Kier alpha value is -2.50. The van der Waals surface area contributed by atoms with Crippen LogP contribution < -0.4 is 10.9 Å². The van der Waals surface area contributed by atoms with Crippen LogP contribution in [0.15, 0.2) is 35.3 Å². The number of pyridine rings is 1. The van der Waals surface area contributed by atoms with Crippen LogP contribution in [-0.2, 0) is 11.3 Å². The summed E-state index contributed by atoms with van der Waals surface area (Å²) in [5, 5.41) is 2.79. The summed E-state index contributed by atoms with van der Waals surface area (Å²) in [5.41, 5.74) is 0.909. The summed E-state index contributed by atoms with van der Waals surface area (Å²) in [5.74, 6) is 0.324. The minimum Gasteiger partial charge on any atom is -0.355 e. The highest BCUT2D eigenvalue weighted by Crippen LogP contribution is 2.11. The summed E-state index contributed by atoms with van der Waals surface area (Å²) in [7, 11) is 0. The van der Waals surface area contributed by atoms with Crippen molar-refractivity contribution in [3.05, 3.63) is 46.6 Å². The molecule has 6 heteroatoms. The van der Waals surface area contributed by atoms with Crippen LogP contribution in [0.3, 0.4) is 0 Å². The standard InChI is InChI=1S/C16H20N4O2/c1-3-4-8-18-15(21)11-20-12(2)19-14(10-16(20)22)13-7-5-6-9-17-13/h5-7,9-10H,3-4,8,11H2,1-2H3,(H,18,21). The SMILES string of the molecule is CCCCNC(=O)Cn1c(C)nc(-c2ccccn2)cc1=O. The number of rotatable bonds is 6. The van der Waals surface area contributed by atoms with Gasteiger partial charge in [0.25, 0.3) is 5.56 Å². The van der Waals surface area contributed by atoms with Crippen LogP contribution in [0, 0.1) is 6.92 Å². The number of hydrogen-bond acceptors (Lipinski definition) is 4. The zero-order valence-corrected chi connectivity index (χ0v) is 12.9. The van der Waals surface area contributed by atoms with E-state index in [0.29, 0.717) is 23.8 Å². The van der Waals surface area contributed by atoms with E-state index >= 15 is 0 Å². The molecule has 0 saturated carbocycles. The average Bonchev–Trinajstić information content (AvgIpc) is 2.52. The second-order valence-electron chi connectivity index (χ2n) is 5.03. The molecule has 0 saturated heterocycles. The van der Waals surface area contributed by atoms with Gasteiger partial charge in [0, 0.05) is 18.8 Å². The minimum atomic E-state index is -0.251. The third kappa shape index (κ3) is 4.00. The van der Waals surface area contributed by atoms with Crippen LogP contribution >= 0.6 is 0 Å². The van der Waals surface area contributed by atoms with Crippen molar-refractivity contribution in [2.24, 2.45) is 0 Å². The highest BCUT2D eigenvalue weighted by atomic mass is 16.2. The summed E-state index contributed by atoms with van der Waals surface area (Å²) >= 11 is 0. The van der Waals surface area contributed by atoms with Gasteiger partial charge >= 0.3 is 0 Å². The number of amides is 1. The van der Waals surface area contributed by atoms with Crippen molar-refractivity contribution in [3.8, 4) is 11.4 Å². The Balaban J connectivity index is 2.17. The third-order valence-corrected chi connectivity index (χ3v) is 3.28. The number of hydrogen-bond donors (Lipinski definition) is 1. The van der Waals surface area contributed by atoms with Gasteiger partial charge in [0.05, 0.1) is 11.4 Å². The van der Waals surface area contributed by atoms with E-state index in [4.69, 9.17) is 0 Å². The van der Waals surface area contributed by atoms with Gasteiger partial charge in [-0.15, -0.1) is 0 Å². The monoisotopic (exact) mass is 300 g/mol. The number of nitrogens with zero attached hydrogens (tertiary/aromatic N) is 3. The second-order valence-corrected chi connectivity index (χ2v) is 5.03. The van der Waals surface area contributed by atoms with Crippen LogP contribution in [0.1, 0.15) is 25.6 Å². The number of aromatic nitrogens is 3. The summed E-state index contributed by atoms with van der Waals surface area (Å²) in [4.78, 5) is 32.6. The van der Waals surface area contributed by atoms with E-state index in [0.717, 1.165) is 12.8 Å². The second kappa shape index (κ2) is 7.49. The number of nitrogens with one attached hydrogen (secondary N) is 1. The fourth-order valence-electron chi connectivity index (χ4n) is 2.06. The fraction of sp³-hybridized carbons (Fsp3) is 0.375. The maximum absolute atomic E-state index is 12.2. The zero-order valence-electron chi connectivity index (χ0n) is 12.9. The summed E-state index contributed by atoms with van der Waals surface area (Å²) in [6, 6.07) is 6.85. The molecule has 0 fully saturated rings. The van der Waals surface area contributed by atoms with Gasteiger partial charge in [-0.1, -0.05) is 19.4 Å². The quantitative estimate of drug-likeness (QED) is 0.821. The van der Waals surface area contributed by atoms with E-state index in [2.05, 4.69) is 22.2 Å². The Bertz CT molecular complexity index is 695. The lowest BCUT2D eigenvalue weighted by atomic mass is 10.2. The van der Waals surface area contributed by atoms with Crippen molar-refractivity contribution >= 4 is 5.91 Å². The van der Waals surface area contributed by atoms with E-state index in [1.165, 1.54) is 10.6 Å². The Morgan fingerprint density at radius 3 is 2.77 bits per heavy atom. The summed E-state index contributed by atoms with van der Waals surface area (Å²) in [6.45, 7) is 4.39. The first-order valence-corrected chi connectivity index (χ1v) is 7.38. The summed E-state index contributed by atoms with van der Waals surface area (Å²) < 4.78 is 1.37. The molecule has 0 spiro atoms. The summed E-state index contributed by atoms with van der Waals surface area (Å²) in [6.07, 6.45) is 3.59. The van der Waals surface area contributed by atoms with Crippen LogP contribution in [-0.4, -0.2) is 27.0 Å². The molecule has 2 rings (SSSR count). The molecule has 0 bridgehead atoms. The smallest absolute Gasteiger partial charge is 0.254 e. The molecule has 0 atom stereocenters. The van der Waals surface area contributed by atoms with Crippen molar-refractivity contribution < 1.29 is 4.79 Å². The topological polar surface area (TPSA) is 76.9 Å². The predicted molar refractivity (Wildman–Crippen MR) is 84.4 cm³/mol. The molecule has 116 valence electrons. The Morgan fingerprint density at radius 1 is 1.32 bits per heavy atom. The van der Waals surface area contributed by atoms with Gasteiger partial charge in [-0.05, 0) is 25.5 Å². The third-order valence-electron chi connectivity index (χ3n) is 3.28. The van der Waals surface area contributed by atoms with Gasteiger partial charge in [0.2, 0.25) is 5.91 Å². The van der Waals surface area contributed by atoms with Gasteiger partial charge in [-0.3, -0.25) is 19.1 Å². The van der Waals surface area contributed by atoms with E-state index in [-0.39, 0.29) is 18.0 Å². The molecular formula is C16H20N4O2. The van der Waals surface area contributed by atoms with Crippen molar-refractivity contribution in [2.45, 2.75) is 33.2 Å².